The van der Waals surface area contributed by atoms with Crippen LogP contribution in [0.25, 0.3) is 0 Å². The molecular formula is C21H23FO2. The number of carbonyl (C=O) groups excluding carboxylic acids is 1. The number of cyclic esters (lactones) is 1. The third-order valence-electron chi connectivity index (χ3n) is 4.57. The topological polar surface area (TPSA) is 26.3 Å². The molecule has 0 bridgehead atoms. The molecule has 1 unspecified atom stereocenters. The molecule has 0 amide bonds. The van der Waals surface area contributed by atoms with Crippen LogP contribution in [0.2, 0.25) is 0 Å². The Morgan fingerprint density at radius 3 is 2.38 bits per heavy atom. The van der Waals surface area contributed by atoms with Crippen LogP contribution in [0, 0.1) is 5.82 Å². The highest BCUT2D eigenvalue weighted by Crippen LogP contribution is 2.26. The minimum atomic E-state index is -0.535. The van der Waals surface area contributed by atoms with Gasteiger partial charge in [0.25, 0.3) is 0 Å². The van der Waals surface area contributed by atoms with Gasteiger partial charge in [0.05, 0.1) is 5.56 Å². The summed E-state index contributed by atoms with van der Waals surface area (Å²) in [6, 6.07) is 12.2. The molecule has 0 aromatic heterocycles. The van der Waals surface area contributed by atoms with Crippen LogP contribution in [0.3, 0.4) is 0 Å². The summed E-state index contributed by atoms with van der Waals surface area (Å²) in [7, 11) is 0. The molecule has 0 saturated heterocycles. The largest absolute Gasteiger partial charge is 0.459 e. The molecule has 2 aromatic carbocycles. The molecule has 1 heterocycles. The molecule has 0 N–H and O–H groups in total. The highest BCUT2D eigenvalue weighted by molar-refractivity contribution is 5.92. The molecule has 2 aromatic rings. The van der Waals surface area contributed by atoms with Crippen molar-refractivity contribution < 1.29 is 13.9 Å². The SMILES string of the molecule is CCCc1ccc(CCc2ccc3c(c2F)C(=O)OC(C)C3)cc1. The maximum Gasteiger partial charge on any atom is 0.341 e. The Kier molecular flexibility index (Phi) is 4.98. The zero-order valence-electron chi connectivity index (χ0n) is 14.3. The average Bonchev–Trinajstić information content (AvgIpc) is 2.55. The molecule has 1 aliphatic heterocycles. The Morgan fingerprint density at radius 2 is 1.71 bits per heavy atom. The number of hydrogen-bond acceptors (Lipinski definition) is 2. The Bertz CT molecular complexity index is 734. The van der Waals surface area contributed by atoms with Crippen LogP contribution >= 0.6 is 0 Å². The number of ether oxygens (including phenoxy) is 1. The summed E-state index contributed by atoms with van der Waals surface area (Å²) in [5, 5.41) is 0. The van der Waals surface area contributed by atoms with Gasteiger partial charge in [0.15, 0.2) is 0 Å². The van der Waals surface area contributed by atoms with Crippen LogP contribution < -0.4 is 0 Å². The Labute approximate surface area is 142 Å². The Balaban J connectivity index is 1.74. The van der Waals surface area contributed by atoms with Crippen LogP contribution in [-0.2, 0) is 30.4 Å². The Morgan fingerprint density at radius 1 is 1.04 bits per heavy atom. The van der Waals surface area contributed by atoms with Gasteiger partial charge in [-0.1, -0.05) is 49.7 Å². The van der Waals surface area contributed by atoms with Gasteiger partial charge in [-0.05, 0) is 48.4 Å². The predicted octanol–water partition coefficient (Wildman–Crippen LogP) is 4.66. The summed E-state index contributed by atoms with van der Waals surface area (Å²) in [4.78, 5) is 12.0. The lowest BCUT2D eigenvalue weighted by molar-refractivity contribution is 0.0294. The number of carbonyl (C=O) groups is 1. The van der Waals surface area contributed by atoms with E-state index in [1.165, 1.54) is 11.1 Å². The predicted molar refractivity (Wildman–Crippen MR) is 92.8 cm³/mol. The standard InChI is InChI=1S/C21H23FO2/c1-3-4-15-5-7-16(8-6-15)9-10-17-11-12-18-13-14(2)24-21(23)19(18)20(17)22/h5-8,11-12,14H,3-4,9-10,13H2,1-2H3. The van der Waals surface area contributed by atoms with Crippen molar-refractivity contribution in [1.29, 1.82) is 0 Å². The second-order valence-corrected chi connectivity index (χ2v) is 6.56. The second kappa shape index (κ2) is 7.16. The summed E-state index contributed by atoms with van der Waals surface area (Å²) < 4.78 is 19.9. The first-order valence-electron chi connectivity index (χ1n) is 8.67. The molecule has 0 aliphatic carbocycles. The molecule has 0 spiro atoms. The molecule has 24 heavy (non-hydrogen) atoms. The molecule has 2 nitrogen and oxygen atoms in total. The lowest BCUT2D eigenvalue weighted by atomic mass is 9.94. The van der Waals surface area contributed by atoms with Crippen molar-refractivity contribution in [1.82, 2.24) is 0 Å². The molecule has 0 saturated carbocycles. The molecule has 1 aliphatic rings. The van der Waals surface area contributed by atoms with Crippen LogP contribution in [0.15, 0.2) is 36.4 Å². The number of benzene rings is 2. The number of aryl methyl sites for hydroxylation is 3. The number of hydrogen-bond donors (Lipinski definition) is 0. The zero-order chi connectivity index (χ0) is 17.1. The van der Waals surface area contributed by atoms with E-state index in [0.29, 0.717) is 18.4 Å². The van der Waals surface area contributed by atoms with Crippen molar-refractivity contribution in [3.63, 3.8) is 0 Å². The zero-order valence-corrected chi connectivity index (χ0v) is 14.3. The van der Waals surface area contributed by atoms with Crippen LogP contribution in [0.5, 0.6) is 0 Å². The monoisotopic (exact) mass is 326 g/mol. The van der Waals surface area contributed by atoms with Gasteiger partial charge in [0.1, 0.15) is 11.9 Å². The summed E-state index contributed by atoms with van der Waals surface area (Å²) in [6.45, 7) is 3.99. The summed E-state index contributed by atoms with van der Waals surface area (Å²) in [6.07, 6.45) is 3.95. The van der Waals surface area contributed by atoms with Gasteiger partial charge < -0.3 is 4.74 Å². The number of fused-ring (bicyclic) bond motifs is 1. The minimum absolute atomic E-state index is 0.129. The lowest BCUT2D eigenvalue weighted by Crippen LogP contribution is -2.26. The third kappa shape index (κ3) is 3.50. The first-order valence-corrected chi connectivity index (χ1v) is 8.67. The van der Waals surface area contributed by atoms with Crippen LogP contribution in [0.1, 0.15) is 52.9 Å². The fourth-order valence-electron chi connectivity index (χ4n) is 3.28. The molecular weight excluding hydrogens is 303 g/mol. The lowest BCUT2D eigenvalue weighted by Gasteiger charge is -2.22. The normalized spacial score (nSPS) is 16.6. The van der Waals surface area contributed by atoms with E-state index < -0.39 is 11.8 Å². The van der Waals surface area contributed by atoms with Gasteiger partial charge in [0, 0.05) is 6.42 Å². The molecule has 126 valence electrons. The van der Waals surface area contributed by atoms with Crippen molar-refractivity contribution in [3.8, 4) is 0 Å². The molecule has 3 rings (SSSR count). The van der Waals surface area contributed by atoms with Crippen LogP contribution in [-0.4, -0.2) is 12.1 Å². The van der Waals surface area contributed by atoms with E-state index in [0.717, 1.165) is 24.8 Å². The molecule has 0 radical (unpaired) electrons. The van der Waals surface area contributed by atoms with Crippen molar-refractivity contribution in [2.45, 2.75) is 52.1 Å². The average molecular weight is 326 g/mol. The fourth-order valence-corrected chi connectivity index (χ4v) is 3.28. The van der Waals surface area contributed by atoms with Gasteiger partial charge in [-0.3, -0.25) is 0 Å². The summed E-state index contributed by atoms with van der Waals surface area (Å²) in [5.74, 6) is -0.945. The molecule has 3 heteroatoms. The number of esters is 1. The molecule has 1 atom stereocenters. The summed E-state index contributed by atoms with van der Waals surface area (Å²) >= 11 is 0. The summed E-state index contributed by atoms with van der Waals surface area (Å²) in [5.41, 5.74) is 3.98. The number of rotatable bonds is 5. The van der Waals surface area contributed by atoms with E-state index in [1.54, 1.807) is 0 Å². The van der Waals surface area contributed by atoms with Gasteiger partial charge in [0.2, 0.25) is 0 Å². The highest BCUT2D eigenvalue weighted by atomic mass is 19.1. The first kappa shape index (κ1) is 16.7. The third-order valence-corrected chi connectivity index (χ3v) is 4.57. The van der Waals surface area contributed by atoms with Crippen molar-refractivity contribution in [2.24, 2.45) is 0 Å². The maximum absolute atomic E-state index is 14.7. The highest BCUT2D eigenvalue weighted by Gasteiger charge is 2.28. The first-order chi connectivity index (χ1) is 11.6. The van der Waals surface area contributed by atoms with Crippen molar-refractivity contribution >= 4 is 5.97 Å². The number of halogens is 1. The van der Waals surface area contributed by atoms with E-state index in [1.807, 2.05) is 19.1 Å². The molecule has 0 fully saturated rings. The fraction of sp³-hybridized carbons (Fsp3) is 0.381. The van der Waals surface area contributed by atoms with E-state index in [2.05, 4.69) is 31.2 Å². The van der Waals surface area contributed by atoms with Gasteiger partial charge in [-0.15, -0.1) is 0 Å². The van der Waals surface area contributed by atoms with E-state index in [-0.39, 0.29) is 11.7 Å². The van der Waals surface area contributed by atoms with Crippen LogP contribution in [0.4, 0.5) is 4.39 Å². The van der Waals surface area contributed by atoms with Crippen molar-refractivity contribution in [2.75, 3.05) is 0 Å². The van der Waals surface area contributed by atoms with Gasteiger partial charge in [-0.2, -0.15) is 0 Å². The second-order valence-electron chi connectivity index (χ2n) is 6.56. The van der Waals surface area contributed by atoms with Crippen molar-refractivity contribution in [3.05, 3.63) is 70.0 Å². The minimum Gasteiger partial charge on any atom is -0.459 e. The van der Waals surface area contributed by atoms with E-state index in [4.69, 9.17) is 4.74 Å². The smallest absolute Gasteiger partial charge is 0.341 e. The van der Waals surface area contributed by atoms with Gasteiger partial charge >= 0.3 is 5.97 Å². The Hall–Kier alpha value is -2.16. The van der Waals surface area contributed by atoms with Gasteiger partial charge in [-0.25, -0.2) is 9.18 Å². The van der Waals surface area contributed by atoms with E-state index >= 15 is 0 Å². The van der Waals surface area contributed by atoms with E-state index in [9.17, 15) is 9.18 Å². The quantitative estimate of drug-likeness (QED) is 0.747. The maximum atomic E-state index is 14.7.